The summed E-state index contributed by atoms with van der Waals surface area (Å²) >= 11 is 0. The van der Waals surface area contributed by atoms with Gasteiger partial charge in [0.1, 0.15) is 0 Å². The number of nitrogens with one attached hydrogen (secondary N) is 2. The summed E-state index contributed by atoms with van der Waals surface area (Å²) in [7, 11) is -8.92. The average molecular weight is 673 g/mol. The van der Waals surface area contributed by atoms with Crippen LogP contribution in [-0.2, 0) is 39.8 Å². The van der Waals surface area contributed by atoms with Crippen LogP contribution in [0.25, 0.3) is 0 Å². The Labute approximate surface area is 262 Å². The van der Waals surface area contributed by atoms with E-state index in [-0.39, 0.29) is 5.79 Å². The molecule has 0 amide bonds. The molecule has 0 fully saturated rings. The van der Waals surface area contributed by atoms with Crippen LogP contribution in [0.2, 0.25) is 12.1 Å². The third-order valence-electron chi connectivity index (χ3n) is 6.02. The van der Waals surface area contributed by atoms with Gasteiger partial charge in [0.15, 0.2) is 0 Å². The van der Waals surface area contributed by atoms with Gasteiger partial charge < -0.3 is 50.5 Å². The number of hydrogen-bond donors (Lipinski definition) is 2. The van der Waals surface area contributed by atoms with Gasteiger partial charge >= 0.3 is 26.4 Å². The van der Waals surface area contributed by atoms with E-state index >= 15 is 0 Å². The van der Waals surface area contributed by atoms with Crippen molar-refractivity contribution in [1.29, 1.82) is 0 Å². The summed E-state index contributed by atoms with van der Waals surface area (Å²) < 4.78 is 54.3. The fraction of sp³-hybridized carbons (Fsp3) is 0.926. The molecule has 0 aromatic heterocycles. The van der Waals surface area contributed by atoms with Crippen molar-refractivity contribution in [3.63, 3.8) is 0 Å². The maximum atomic E-state index is 6.04. The number of hydrogen-bond acceptors (Lipinski definition) is 11. The van der Waals surface area contributed by atoms with Crippen LogP contribution in [0.3, 0.4) is 0 Å². The van der Waals surface area contributed by atoms with Crippen LogP contribution in [0.5, 0.6) is 0 Å². The third-order valence-corrected chi connectivity index (χ3v) is 17.1. The molecule has 0 saturated carbocycles. The smallest absolute Gasteiger partial charge is 0.374 e. The second-order valence-electron chi connectivity index (χ2n) is 9.17. The fourth-order valence-corrected chi connectivity index (χ4v) is 14.3. The van der Waals surface area contributed by atoms with E-state index < -0.39 is 35.9 Å². The zero-order chi connectivity index (χ0) is 31.6. The van der Waals surface area contributed by atoms with Crippen molar-refractivity contribution in [1.82, 2.24) is 10.6 Å². The Balaban J connectivity index is 5.47. The topological polar surface area (TPSA) is 107 Å². The Kier molecular flexibility index (Phi) is 26.5. The highest BCUT2D eigenvalue weighted by Gasteiger charge is 2.41. The lowest BCUT2D eigenvalue weighted by atomic mass is 10.4. The molecule has 0 heterocycles. The van der Waals surface area contributed by atoms with Crippen LogP contribution in [0, 0.1) is 0 Å². The zero-order valence-corrected chi connectivity index (χ0v) is 32.6. The van der Waals surface area contributed by atoms with Crippen molar-refractivity contribution in [2.24, 2.45) is 0 Å². The Morgan fingerprint density at radius 3 is 1.10 bits per heavy atom. The molecule has 0 saturated heterocycles. The van der Waals surface area contributed by atoms with Crippen LogP contribution in [0.15, 0.2) is 11.4 Å². The molecule has 0 aliphatic heterocycles. The molecule has 0 aliphatic carbocycles. The van der Waals surface area contributed by atoms with Gasteiger partial charge in [-0.2, -0.15) is 0 Å². The van der Waals surface area contributed by atoms with Gasteiger partial charge in [-0.05, 0) is 93.9 Å². The molecular weight excluding hydrogens is 609 g/mol. The molecule has 0 radical (unpaired) electrons. The molecule has 15 heteroatoms. The van der Waals surface area contributed by atoms with Gasteiger partial charge in [-0.15, -0.1) is 0 Å². The normalized spacial score (nSPS) is 13.5. The highest BCUT2D eigenvalue weighted by molar-refractivity contribution is 6.67. The van der Waals surface area contributed by atoms with E-state index in [2.05, 4.69) is 22.0 Å². The van der Waals surface area contributed by atoms with Crippen molar-refractivity contribution in [3.05, 3.63) is 11.4 Å². The summed E-state index contributed by atoms with van der Waals surface area (Å²) in [4.78, 5) is 0. The third kappa shape index (κ3) is 17.6. The second-order valence-corrected chi connectivity index (χ2v) is 18.8. The summed E-state index contributed by atoms with van der Waals surface area (Å²) in [6.45, 7) is 24.7. The standard InChI is InChI=1S/C27H64N2O9Si4/c1-10-30-40(31-11-2,32-12-3)24-19-21-28-27(39-23-26-42(36-16-7,37-17-8)38-18-9)29-22-20-25-41(33-13-4,34-14-5)35-15-6/h23,26-29H,10-22,24-25,39H2,1-9H3. The fourth-order valence-electron chi connectivity index (χ4n) is 4.63. The van der Waals surface area contributed by atoms with Gasteiger partial charge in [0.05, 0.1) is 9.52 Å². The molecule has 0 aromatic rings. The molecule has 252 valence electrons. The molecule has 0 atom stereocenters. The summed E-state index contributed by atoms with van der Waals surface area (Å²) in [5.74, 6) is 0.169. The van der Waals surface area contributed by atoms with Crippen molar-refractivity contribution in [2.45, 2.75) is 93.0 Å². The first-order valence-electron chi connectivity index (χ1n) is 16.2. The Hall–Kier alpha value is 0.168. The van der Waals surface area contributed by atoms with Gasteiger partial charge in [-0.25, -0.2) is 0 Å². The van der Waals surface area contributed by atoms with Crippen molar-refractivity contribution in [2.75, 3.05) is 72.6 Å². The molecule has 0 rings (SSSR count). The predicted octanol–water partition coefficient (Wildman–Crippen LogP) is 3.60. The van der Waals surface area contributed by atoms with Gasteiger partial charge in [0, 0.05) is 77.3 Å². The van der Waals surface area contributed by atoms with E-state index in [1.807, 2.05) is 62.3 Å². The van der Waals surface area contributed by atoms with Crippen molar-refractivity contribution in [3.8, 4) is 0 Å². The highest BCUT2D eigenvalue weighted by Crippen LogP contribution is 2.19. The van der Waals surface area contributed by atoms with Crippen LogP contribution >= 0.6 is 0 Å². The van der Waals surface area contributed by atoms with E-state index in [9.17, 15) is 0 Å². The largest absolute Gasteiger partial charge is 0.528 e. The molecule has 0 unspecified atom stereocenters. The summed E-state index contributed by atoms with van der Waals surface area (Å²) in [5, 5.41) is 7.48. The van der Waals surface area contributed by atoms with Gasteiger partial charge in [-0.1, -0.05) is 5.70 Å². The maximum absolute atomic E-state index is 6.04. The first kappa shape index (κ1) is 42.2. The lowest BCUT2D eigenvalue weighted by molar-refractivity contribution is 0.0701. The Bertz CT molecular complexity index is 572. The average Bonchev–Trinajstić information content (AvgIpc) is 2.94. The highest BCUT2D eigenvalue weighted by atomic mass is 28.4. The van der Waals surface area contributed by atoms with Crippen LogP contribution in [0.4, 0.5) is 0 Å². The lowest BCUT2D eigenvalue weighted by Gasteiger charge is -2.29. The van der Waals surface area contributed by atoms with Gasteiger partial charge in [0.2, 0.25) is 0 Å². The molecule has 0 spiro atoms. The summed E-state index contributed by atoms with van der Waals surface area (Å²) in [6.07, 6.45) is 1.79. The Morgan fingerprint density at radius 2 is 0.810 bits per heavy atom. The van der Waals surface area contributed by atoms with Crippen LogP contribution in [0.1, 0.15) is 75.2 Å². The minimum absolute atomic E-state index is 0.169. The predicted molar refractivity (Wildman–Crippen MR) is 178 cm³/mol. The second kappa shape index (κ2) is 26.4. The molecule has 11 nitrogen and oxygen atoms in total. The van der Waals surface area contributed by atoms with Crippen molar-refractivity contribution >= 4 is 35.9 Å². The minimum atomic E-state index is -2.83. The quantitative estimate of drug-likeness (QED) is 0.0641. The zero-order valence-electron chi connectivity index (χ0n) is 28.2. The molecule has 0 bridgehead atoms. The van der Waals surface area contributed by atoms with E-state index in [1.165, 1.54) is 0 Å². The molecule has 2 N–H and O–H groups in total. The van der Waals surface area contributed by atoms with Crippen LogP contribution in [-0.4, -0.2) is 114 Å². The summed E-state index contributed by atoms with van der Waals surface area (Å²) in [5.41, 5.74) is 4.32. The van der Waals surface area contributed by atoms with Crippen molar-refractivity contribution < 1.29 is 39.8 Å². The number of rotatable bonds is 31. The van der Waals surface area contributed by atoms with Gasteiger partial charge in [-0.3, -0.25) is 0 Å². The van der Waals surface area contributed by atoms with Crippen LogP contribution < -0.4 is 10.6 Å². The molecular formula is C27H64N2O9Si4. The minimum Gasteiger partial charge on any atom is -0.374 e. The lowest BCUT2D eigenvalue weighted by Crippen LogP contribution is -2.50. The van der Waals surface area contributed by atoms with E-state index in [0.717, 1.165) is 38.0 Å². The van der Waals surface area contributed by atoms with E-state index in [0.29, 0.717) is 59.5 Å². The monoisotopic (exact) mass is 672 g/mol. The molecule has 0 aromatic carbocycles. The first-order chi connectivity index (χ1) is 20.3. The first-order valence-corrected chi connectivity index (χ1v) is 23.5. The molecule has 42 heavy (non-hydrogen) atoms. The maximum Gasteiger partial charge on any atom is 0.528 e. The SMILES string of the molecule is CCO[Si](C=C[SiH2]C(NCCC[Si](OCC)(OCC)OCC)NCCC[Si](OCC)(OCC)OCC)(OCC)OCC. The van der Waals surface area contributed by atoms with Gasteiger partial charge in [0.25, 0.3) is 0 Å². The van der Waals surface area contributed by atoms with E-state index in [1.54, 1.807) is 0 Å². The Morgan fingerprint density at radius 1 is 0.500 bits per heavy atom. The molecule has 0 aliphatic rings. The summed E-state index contributed by atoms with van der Waals surface area (Å²) in [6, 6.07) is 1.56. The van der Waals surface area contributed by atoms with E-state index in [4.69, 9.17) is 39.8 Å².